The normalized spacial score (nSPS) is 15.6. The largest absolute Gasteiger partial charge is 0.0629 e. The lowest BCUT2D eigenvalue weighted by Crippen LogP contribution is -2.04. The molecule has 32 heavy (non-hydrogen) atoms. The van der Waals surface area contributed by atoms with Gasteiger partial charge in [-0.2, -0.15) is 0 Å². The molecule has 0 aliphatic heterocycles. The highest BCUT2D eigenvalue weighted by atomic mass is 14.2. The van der Waals surface area contributed by atoms with E-state index in [1.54, 1.807) is 12.1 Å². The lowest BCUT2D eigenvalue weighted by Gasteiger charge is -2.23. The van der Waals surface area contributed by atoms with Crippen LogP contribution in [0.4, 0.5) is 0 Å². The van der Waals surface area contributed by atoms with Crippen LogP contribution in [0.1, 0.15) is 46.3 Å². The fourth-order valence-corrected chi connectivity index (χ4v) is 5.57. The number of hydrogen-bond acceptors (Lipinski definition) is 0. The van der Waals surface area contributed by atoms with Crippen LogP contribution < -0.4 is 0 Å². The summed E-state index contributed by atoms with van der Waals surface area (Å²) >= 11 is 0. The Hall–Kier alpha value is -3.38. The Bertz CT molecular complexity index is 1490. The molecule has 156 valence electrons. The second-order valence-electron chi connectivity index (χ2n) is 8.99. The Morgan fingerprint density at radius 3 is 1.81 bits per heavy atom. The van der Waals surface area contributed by atoms with E-state index < -0.39 is 0 Å². The Morgan fingerprint density at radius 2 is 1.12 bits per heavy atom. The molecule has 6 rings (SSSR count). The number of benzene rings is 5. The quantitative estimate of drug-likeness (QED) is 0.258. The van der Waals surface area contributed by atoms with Gasteiger partial charge < -0.3 is 0 Å². The Balaban J connectivity index is 1.72. The summed E-state index contributed by atoms with van der Waals surface area (Å²) in [5.74, 6) is 0.622. The van der Waals surface area contributed by atoms with Crippen molar-refractivity contribution >= 4 is 21.5 Å². The first-order valence-electron chi connectivity index (χ1n) is 12.8. The van der Waals surface area contributed by atoms with Gasteiger partial charge in [0.15, 0.2) is 0 Å². The van der Waals surface area contributed by atoms with Crippen LogP contribution in [0.2, 0.25) is 0 Å². The lowest BCUT2D eigenvalue weighted by molar-refractivity contribution is 0.444. The zero-order chi connectivity index (χ0) is 23.1. The molecule has 1 saturated carbocycles. The molecule has 1 aliphatic carbocycles. The van der Waals surface area contributed by atoms with Crippen LogP contribution in [-0.4, -0.2) is 0 Å². The molecule has 0 spiro atoms. The summed E-state index contributed by atoms with van der Waals surface area (Å²) in [4.78, 5) is 0. The number of fused-ring (bicyclic) bond motifs is 2. The minimum atomic E-state index is 0.472. The standard InChI is InChI=1S/C32H28/c1-3-12-23(13-4-1)25-16-11-17-26(22-25)32-29-20-9-7-18-27(29)31(24-14-5-2-6-15-24)28-19-8-10-21-30(28)32/h2,5-11,14-23H,1,3-4,12-13H2/i18D,20D. The fraction of sp³-hybridized carbons (Fsp3) is 0.188. The van der Waals surface area contributed by atoms with Crippen LogP contribution in [0.25, 0.3) is 43.8 Å². The first-order chi connectivity index (χ1) is 16.7. The van der Waals surface area contributed by atoms with Gasteiger partial charge in [0.2, 0.25) is 0 Å². The molecule has 0 atom stereocenters. The molecule has 5 aromatic carbocycles. The van der Waals surface area contributed by atoms with Gasteiger partial charge in [0.1, 0.15) is 0 Å². The highest BCUT2D eigenvalue weighted by Crippen LogP contribution is 2.44. The van der Waals surface area contributed by atoms with E-state index in [4.69, 9.17) is 2.74 Å². The summed E-state index contributed by atoms with van der Waals surface area (Å²) in [6, 6.07) is 32.4. The number of rotatable bonds is 3. The van der Waals surface area contributed by atoms with Gasteiger partial charge in [-0.1, -0.05) is 122 Å². The summed E-state index contributed by atoms with van der Waals surface area (Å²) in [7, 11) is 0. The zero-order valence-corrected chi connectivity index (χ0v) is 18.3. The van der Waals surface area contributed by atoms with E-state index in [2.05, 4.69) is 60.7 Å². The van der Waals surface area contributed by atoms with Crippen molar-refractivity contribution in [2.45, 2.75) is 38.0 Å². The van der Waals surface area contributed by atoms with E-state index in [0.717, 1.165) is 43.8 Å². The van der Waals surface area contributed by atoms with Crippen molar-refractivity contribution in [1.82, 2.24) is 0 Å². The van der Waals surface area contributed by atoms with Crippen LogP contribution in [0.15, 0.2) is 103 Å². The highest BCUT2D eigenvalue weighted by molar-refractivity contribution is 6.21. The van der Waals surface area contributed by atoms with Gasteiger partial charge in [-0.25, -0.2) is 0 Å². The smallest absolute Gasteiger partial charge is 0.0622 e. The molecule has 1 fully saturated rings. The second kappa shape index (κ2) is 8.28. The summed E-state index contributed by atoms with van der Waals surface area (Å²) in [5, 5.41) is 4.04. The van der Waals surface area contributed by atoms with E-state index in [9.17, 15) is 0 Å². The molecule has 0 heteroatoms. The van der Waals surface area contributed by atoms with Crippen LogP contribution in [-0.2, 0) is 0 Å². The monoisotopic (exact) mass is 414 g/mol. The molecular weight excluding hydrogens is 384 g/mol. The average Bonchev–Trinajstić information content (AvgIpc) is 2.90. The van der Waals surface area contributed by atoms with E-state index in [1.165, 1.54) is 37.7 Å². The van der Waals surface area contributed by atoms with Crippen molar-refractivity contribution in [3.63, 3.8) is 0 Å². The highest BCUT2D eigenvalue weighted by Gasteiger charge is 2.19. The molecule has 0 radical (unpaired) electrons. The summed E-state index contributed by atoms with van der Waals surface area (Å²) in [6.45, 7) is 0. The SMILES string of the molecule is [2H]c1ccc([2H])c2c(-c3cccc(C4CCCCC4)c3)c3ccccc3c(-c3ccccc3)c12. The average molecular weight is 415 g/mol. The van der Waals surface area contributed by atoms with Crippen molar-refractivity contribution in [2.75, 3.05) is 0 Å². The molecule has 0 bridgehead atoms. The van der Waals surface area contributed by atoms with Gasteiger partial charge >= 0.3 is 0 Å². The maximum absolute atomic E-state index is 8.95. The van der Waals surface area contributed by atoms with Gasteiger partial charge in [0, 0.05) is 0 Å². The third-order valence-electron chi connectivity index (χ3n) is 7.07. The Kier molecular flexibility index (Phi) is 4.45. The maximum atomic E-state index is 8.95. The fourth-order valence-electron chi connectivity index (χ4n) is 5.57. The zero-order valence-electron chi connectivity index (χ0n) is 20.3. The Morgan fingerprint density at radius 1 is 0.531 bits per heavy atom. The van der Waals surface area contributed by atoms with Gasteiger partial charge in [-0.05, 0) is 68.1 Å². The van der Waals surface area contributed by atoms with Crippen LogP contribution in [0.5, 0.6) is 0 Å². The van der Waals surface area contributed by atoms with Crippen molar-refractivity contribution in [1.29, 1.82) is 0 Å². The van der Waals surface area contributed by atoms with Crippen LogP contribution in [0, 0.1) is 0 Å². The molecule has 0 aromatic heterocycles. The summed E-state index contributed by atoms with van der Waals surface area (Å²) in [5.41, 5.74) is 5.79. The molecule has 0 nitrogen and oxygen atoms in total. The van der Waals surface area contributed by atoms with Crippen molar-refractivity contribution in [2.24, 2.45) is 0 Å². The third-order valence-corrected chi connectivity index (χ3v) is 7.07. The molecule has 0 unspecified atom stereocenters. The van der Waals surface area contributed by atoms with Crippen molar-refractivity contribution in [3.8, 4) is 22.3 Å². The summed E-state index contributed by atoms with van der Waals surface area (Å²) < 4.78 is 17.9. The predicted molar refractivity (Wildman–Crippen MR) is 138 cm³/mol. The van der Waals surface area contributed by atoms with Gasteiger partial charge in [0.05, 0.1) is 2.74 Å². The van der Waals surface area contributed by atoms with Crippen LogP contribution in [0.3, 0.4) is 0 Å². The molecular formula is C32H28. The number of hydrogen-bond donors (Lipinski definition) is 0. The molecule has 1 aliphatic rings. The third kappa shape index (κ3) is 3.31. The summed E-state index contributed by atoms with van der Waals surface area (Å²) in [6.07, 6.45) is 6.50. The molecule has 0 amide bonds. The van der Waals surface area contributed by atoms with Gasteiger partial charge in [-0.3, -0.25) is 0 Å². The Labute approximate surface area is 193 Å². The van der Waals surface area contributed by atoms with Gasteiger partial charge in [0.25, 0.3) is 0 Å². The molecule has 0 N–H and O–H groups in total. The van der Waals surface area contributed by atoms with E-state index in [1.807, 2.05) is 18.2 Å². The topological polar surface area (TPSA) is 0 Å². The molecule has 0 heterocycles. The lowest BCUT2D eigenvalue weighted by atomic mass is 9.82. The van der Waals surface area contributed by atoms with Crippen LogP contribution >= 0.6 is 0 Å². The molecule has 0 saturated heterocycles. The minimum absolute atomic E-state index is 0.472. The first kappa shape index (κ1) is 17.2. The minimum Gasteiger partial charge on any atom is -0.0622 e. The first-order valence-corrected chi connectivity index (χ1v) is 11.8. The van der Waals surface area contributed by atoms with E-state index in [0.29, 0.717) is 18.0 Å². The predicted octanol–water partition coefficient (Wildman–Crippen LogP) is 9.37. The van der Waals surface area contributed by atoms with E-state index in [-0.39, 0.29) is 0 Å². The van der Waals surface area contributed by atoms with Crippen molar-refractivity contribution < 1.29 is 2.74 Å². The molecule has 5 aromatic rings. The van der Waals surface area contributed by atoms with Crippen molar-refractivity contribution in [3.05, 3.63) is 109 Å². The maximum Gasteiger partial charge on any atom is 0.0629 e. The second-order valence-corrected chi connectivity index (χ2v) is 8.99. The van der Waals surface area contributed by atoms with E-state index >= 15 is 0 Å². The van der Waals surface area contributed by atoms with Gasteiger partial charge in [-0.15, -0.1) is 0 Å².